The molecule has 0 aromatic carbocycles. The van der Waals surface area contributed by atoms with Crippen molar-refractivity contribution >= 4 is 16.0 Å². The molecule has 0 bridgehead atoms. The first-order valence-electron chi connectivity index (χ1n) is 6.78. The predicted molar refractivity (Wildman–Crippen MR) is 70.2 cm³/mol. The number of carbonyl (C=O) groups is 1. The first-order valence-corrected chi connectivity index (χ1v) is 8.44. The number of nitrogens with one attached hydrogen (secondary N) is 1. The highest BCUT2D eigenvalue weighted by Gasteiger charge is 2.46. The van der Waals surface area contributed by atoms with Gasteiger partial charge in [0.25, 0.3) is 5.92 Å². The molecule has 1 rings (SSSR count). The third-order valence-electron chi connectivity index (χ3n) is 3.55. The van der Waals surface area contributed by atoms with Crippen LogP contribution in [0.1, 0.15) is 45.4 Å². The van der Waals surface area contributed by atoms with Gasteiger partial charge in [-0.25, -0.2) is 21.9 Å². The van der Waals surface area contributed by atoms with E-state index in [4.69, 9.17) is 5.11 Å². The molecule has 20 heavy (non-hydrogen) atoms. The predicted octanol–water partition coefficient (Wildman–Crippen LogP) is 1.98. The highest BCUT2D eigenvalue weighted by molar-refractivity contribution is 7.89. The zero-order valence-corrected chi connectivity index (χ0v) is 12.3. The Morgan fingerprint density at radius 1 is 1.50 bits per heavy atom. The number of hydrogen-bond acceptors (Lipinski definition) is 3. The van der Waals surface area contributed by atoms with Crippen LogP contribution in [0.4, 0.5) is 8.78 Å². The molecule has 0 heterocycles. The highest BCUT2D eigenvalue weighted by atomic mass is 32.2. The Bertz CT molecular complexity index is 439. The fourth-order valence-electron chi connectivity index (χ4n) is 2.38. The van der Waals surface area contributed by atoms with Gasteiger partial charge < -0.3 is 5.11 Å². The normalized spacial score (nSPS) is 23.6. The van der Waals surface area contributed by atoms with Crippen LogP contribution in [-0.2, 0) is 14.8 Å². The number of unbranched alkanes of at least 4 members (excludes halogenated alkanes) is 1. The van der Waals surface area contributed by atoms with E-state index in [-0.39, 0.29) is 19.3 Å². The molecule has 8 heteroatoms. The van der Waals surface area contributed by atoms with Crippen molar-refractivity contribution in [3.63, 3.8) is 0 Å². The SMILES string of the molecule is CCCCC(NS(=O)(=O)CC1CCCC1(F)F)C(=O)O. The van der Waals surface area contributed by atoms with E-state index < -0.39 is 39.6 Å². The van der Waals surface area contributed by atoms with E-state index in [1.165, 1.54) is 0 Å². The van der Waals surface area contributed by atoms with Gasteiger partial charge >= 0.3 is 5.97 Å². The third kappa shape index (κ3) is 4.97. The summed E-state index contributed by atoms with van der Waals surface area (Å²) >= 11 is 0. The summed E-state index contributed by atoms with van der Waals surface area (Å²) in [6.45, 7) is 1.85. The van der Waals surface area contributed by atoms with Crippen LogP contribution in [0, 0.1) is 5.92 Å². The van der Waals surface area contributed by atoms with Crippen LogP contribution in [0.2, 0.25) is 0 Å². The van der Waals surface area contributed by atoms with Crippen molar-refractivity contribution < 1.29 is 27.1 Å². The molecular formula is C12H21F2NO4S. The fraction of sp³-hybridized carbons (Fsp3) is 0.917. The molecule has 0 aromatic heterocycles. The maximum Gasteiger partial charge on any atom is 0.321 e. The Morgan fingerprint density at radius 2 is 2.15 bits per heavy atom. The van der Waals surface area contributed by atoms with Crippen LogP contribution in [0.3, 0.4) is 0 Å². The van der Waals surface area contributed by atoms with E-state index in [9.17, 15) is 22.0 Å². The minimum atomic E-state index is -4.02. The van der Waals surface area contributed by atoms with Crippen molar-refractivity contribution in [2.45, 2.75) is 57.4 Å². The lowest BCUT2D eigenvalue weighted by Gasteiger charge is -2.20. The van der Waals surface area contributed by atoms with Crippen LogP contribution in [0.25, 0.3) is 0 Å². The van der Waals surface area contributed by atoms with Gasteiger partial charge in [-0.05, 0) is 19.3 Å². The first kappa shape index (κ1) is 17.3. The molecule has 5 nitrogen and oxygen atoms in total. The lowest BCUT2D eigenvalue weighted by Crippen LogP contribution is -2.44. The molecule has 1 aliphatic carbocycles. The monoisotopic (exact) mass is 313 g/mol. The van der Waals surface area contributed by atoms with Gasteiger partial charge in [0.1, 0.15) is 6.04 Å². The largest absolute Gasteiger partial charge is 0.480 e. The van der Waals surface area contributed by atoms with Crippen molar-refractivity contribution in [3.8, 4) is 0 Å². The quantitative estimate of drug-likeness (QED) is 0.718. The van der Waals surface area contributed by atoms with Crippen molar-refractivity contribution in [3.05, 3.63) is 0 Å². The summed E-state index contributed by atoms with van der Waals surface area (Å²) in [6.07, 6.45) is 1.59. The second-order valence-electron chi connectivity index (χ2n) is 5.28. The van der Waals surface area contributed by atoms with Crippen molar-refractivity contribution in [1.29, 1.82) is 0 Å². The Kier molecular flexibility index (Phi) is 5.88. The Hall–Kier alpha value is -0.760. The van der Waals surface area contributed by atoms with Gasteiger partial charge in [0.05, 0.1) is 5.75 Å². The lowest BCUT2D eigenvalue weighted by molar-refractivity contribution is -0.139. The van der Waals surface area contributed by atoms with Crippen LogP contribution in [0.15, 0.2) is 0 Å². The van der Waals surface area contributed by atoms with Crippen molar-refractivity contribution in [2.24, 2.45) is 5.92 Å². The maximum atomic E-state index is 13.4. The maximum absolute atomic E-state index is 13.4. The number of sulfonamides is 1. The molecule has 1 aliphatic rings. The van der Waals surface area contributed by atoms with Gasteiger partial charge in [-0.15, -0.1) is 0 Å². The third-order valence-corrected chi connectivity index (χ3v) is 5.03. The van der Waals surface area contributed by atoms with Gasteiger partial charge in [-0.1, -0.05) is 19.8 Å². The average molecular weight is 313 g/mol. The smallest absolute Gasteiger partial charge is 0.321 e. The fourth-order valence-corrected chi connectivity index (χ4v) is 4.06. The van der Waals surface area contributed by atoms with Crippen LogP contribution in [0.5, 0.6) is 0 Å². The molecule has 1 saturated carbocycles. The number of aliphatic carboxylic acids is 1. The van der Waals surface area contributed by atoms with E-state index in [1.54, 1.807) is 0 Å². The van der Waals surface area contributed by atoms with Crippen molar-refractivity contribution in [1.82, 2.24) is 4.72 Å². The summed E-state index contributed by atoms with van der Waals surface area (Å²) in [4.78, 5) is 11.0. The standard InChI is InChI=1S/C12H21F2NO4S/c1-2-3-6-10(11(16)17)15-20(18,19)8-9-5-4-7-12(9,13)14/h9-10,15H,2-8H2,1H3,(H,16,17). The summed E-state index contributed by atoms with van der Waals surface area (Å²) in [5, 5.41) is 8.95. The Balaban J connectivity index is 2.65. The zero-order chi connectivity index (χ0) is 15.4. The van der Waals surface area contributed by atoms with Crippen LogP contribution >= 0.6 is 0 Å². The average Bonchev–Trinajstić information content (AvgIpc) is 2.63. The molecule has 118 valence electrons. The topological polar surface area (TPSA) is 83.5 Å². The Morgan fingerprint density at radius 3 is 2.60 bits per heavy atom. The molecule has 1 fully saturated rings. The summed E-state index contributed by atoms with van der Waals surface area (Å²) in [5.74, 6) is -6.19. The summed E-state index contributed by atoms with van der Waals surface area (Å²) in [7, 11) is -4.02. The van der Waals surface area contributed by atoms with Gasteiger partial charge in [0.2, 0.25) is 10.0 Å². The number of carboxylic acid groups (broad SMARTS) is 1. The van der Waals surface area contributed by atoms with E-state index in [0.717, 1.165) is 6.42 Å². The summed E-state index contributed by atoms with van der Waals surface area (Å²) in [6, 6.07) is -1.24. The molecule has 0 radical (unpaired) electrons. The second-order valence-corrected chi connectivity index (χ2v) is 7.08. The minimum absolute atomic E-state index is 0.153. The number of carboxylic acids is 1. The number of hydrogen-bond donors (Lipinski definition) is 2. The number of alkyl halides is 2. The zero-order valence-electron chi connectivity index (χ0n) is 11.4. The Labute approximate surface area is 117 Å². The molecule has 0 saturated heterocycles. The highest BCUT2D eigenvalue weighted by Crippen LogP contribution is 2.40. The van der Waals surface area contributed by atoms with E-state index >= 15 is 0 Å². The molecule has 0 amide bonds. The summed E-state index contributed by atoms with van der Waals surface area (Å²) in [5.41, 5.74) is 0. The molecule has 2 N–H and O–H groups in total. The lowest BCUT2D eigenvalue weighted by atomic mass is 10.1. The second kappa shape index (κ2) is 6.80. The number of halogens is 2. The molecule has 2 unspecified atom stereocenters. The van der Waals surface area contributed by atoms with E-state index in [0.29, 0.717) is 12.8 Å². The first-order chi connectivity index (χ1) is 9.18. The molecule has 0 aromatic rings. The van der Waals surface area contributed by atoms with Crippen molar-refractivity contribution in [2.75, 3.05) is 5.75 Å². The molecule has 0 spiro atoms. The van der Waals surface area contributed by atoms with Gasteiger partial charge in [-0.3, -0.25) is 4.79 Å². The van der Waals surface area contributed by atoms with Gasteiger partial charge in [0.15, 0.2) is 0 Å². The van der Waals surface area contributed by atoms with Crippen LogP contribution in [-0.4, -0.2) is 37.2 Å². The minimum Gasteiger partial charge on any atom is -0.480 e. The summed E-state index contributed by atoms with van der Waals surface area (Å²) < 4.78 is 52.6. The molecular weight excluding hydrogens is 292 g/mol. The number of rotatable bonds is 8. The van der Waals surface area contributed by atoms with Gasteiger partial charge in [-0.2, -0.15) is 0 Å². The van der Waals surface area contributed by atoms with E-state index in [1.807, 2.05) is 11.6 Å². The van der Waals surface area contributed by atoms with Gasteiger partial charge in [0, 0.05) is 12.3 Å². The molecule has 0 aliphatic heterocycles. The van der Waals surface area contributed by atoms with Crippen LogP contribution < -0.4 is 4.72 Å². The van der Waals surface area contributed by atoms with E-state index in [2.05, 4.69) is 0 Å². The molecule has 2 atom stereocenters.